The second kappa shape index (κ2) is 2.20. The molecular weight excluding hydrogens is 138 g/mol. The van der Waals surface area contributed by atoms with E-state index in [0.29, 0.717) is 17.9 Å². The Labute approximate surface area is 68.0 Å². The van der Waals surface area contributed by atoms with Crippen LogP contribution in [0.4, 0.5) is 0 Å². The van der Waals surface area contributed by atoms with Gasteiger partial charge in [0.25, 0.3) is 0 Å². The molecular formula is C9H17NO. The minimum absolute atomic E-state index is 0.393. The van der Waals surface area contributed by atoms with Gasteiger partial charge in [-0.15, -0.1) is 0 Å². The SMILES string of the molecule is CC(C)C12CNCC1C2CO. The molecule has 64 valence electrons. The van der Waals surface area contributed by atoms with E-state index in [2.05, 4.69) is 19.2 Å². The Hall–Kier alpha value is -0.0800. The van der Waals surface area contributed by atoms with Crippen LogP contribution in [0.1, 0.15) is 13.8 Å². The lowest BCUT2D eigenvalue weighted by Gasteiger charge is -2.18. The van der Waals surface area contributed by atoms with E-state index >= 15 is 0 Å². The molecule has 2 nitrogen and oxygen atoms in total. The lowest BCUT2D eigenvalue weighted by molar-refractivity contribution is 0.220. The van der Waals surface area contributed by atoms with Crippen molar-refractivity contribution in [2.45, 2.75) is 13.8 Å². The van der Waals surface area contributed by atoms with Crippen molar-refractivity contribution in [3.63, 3.8) is 0 Å². The first-order valence-corrected chi connectivity index (χ1v) is 4.55. The first kappa shape index (κ1) is 7.56. The van der Waals surface area contributed by atoms with Crippen LogP contribution in [0.5, 0.6) is 0 Å². The van der Waals surface area contributed by atoms with Crippen LogP contribution < -0.4 is 5.32 Å². The molecule has 2 rings (SSSR count). The van der Waals surface area contributed by atoms with Crippen LogP contribution in [0, 0.1) is 23.2 Å². The first-order valence-electron chi connectivity index (χ1n) is 4.55. The quantitative estimate of drug-likeness (QED) is 0.607. The van der Waals surface area contributed by atoms with Crippen LogP contribution in [-0.2, 0) is 0 Å². The number of nitrogens with one attached hydrogen (secondary N) is 1. The van der Waals surface area contributed by atoms with E-state index in [-0.39, 0.29) is 0 Å². The monoisotopic (exact) mass is 155 g/mol. The summed E-state index contributed by atoms with van der Waals surface area (Å²) in [5, 5.41) is 12.5. The summed E-state index contributed by atoms with van der Waals surface area (Å²) in [4.78, 5) is 0. The second-order valence-electron chi connectivity index (χ2n) is 4.29. The molecule has 1 saturated heterocycles. The highest BCUT2D eigenvalue weighted by atomic mass is 16.3. The fourth-order valence-corrected chi connectivity index (χ4v) is 3.03. The summed E-state index contributed by atoms with van der Waals surface area (Å²) in [5.41, 5.74) is 0.467. The molecule has 0 spiro atoms. The van der Waals surface area contributed by atoms with Gasteiger partial charge in [-0.2, -0.15) is 0 Å². The topological polar surface area (TPSA) is 32.3 Å². The number of hydrogen-bond acceptors (Lipinski definition) is 2. The molecule has 3 atom stereocenters. The average Bonchev–Trinajstić information content (AvgIpc) is 2.38. The highest BCUT2D eigenvalue weighted by Crippen LogP contribution is 2.64. The number of rotatable bonds is 2. The molecule has 0 aromatic rings. The standard InChI is InChI=1S/C9H17NO/c1-6(2)9-5-10-3-7(9)8(9)4-11/h6-8,10-11H,3-5H2,1-2H3. The molecule has 2 fully saturated rings. The Morgan fingerprint density at radius 3 is 2.73 bits per heavy atom. The molecule has 3 unspecified atom stereocenters. The Morgan fingerprint density at radius 1 is 1.64 bits per heavy atom. The van der Waals surface area contributed by atoms with E-state index in [4.69, 9.17) is 5.11 Å². The molecule has 1 aliphatic carbocycles. The fourth-order valence-electron chi connectivity index (χ4n) is 3.03. The van der Waals surface area contributed by atoms with Crippen LogP contribution in [0.25, 0.3) is 0 Å². The van der Waals surface area contributed by atoms with Crippen LogP contribution >= 0.6 is 0 Å². The van der Waals surface area contributed by atoms with Gasteiger partial charge in [-0.25, -0.2) is 0 Å². The lowest BCUT2D eigenvalue weighted by Crippen LogP contribution is -2.25. The van der Waals surface area contributed by atoms with Gasteiger partial charge < -0.3 is 10.4 Å². The molecule has 0 amide bonds. The van der Waals surface area contributed by atoms with Crippen molar-refractivity contribution in [3.05, 3.63) is 0 Å². The van der Waals surface area contributed by atoms with E-state index in [0.717, 1.165) is 24.9 Å². The van der Waals surface area contributed by atoms with E-state index < -0.39 is 0 Å². The van der Waals surface area contributed by atoms with Gasteiger partial charge in [-0.3, -0.25) is 0 Å². The molecule has 0 aromatic heterocycles. The third kappa shape index (κ3) is 0.744. The Balaban J connectivity index is 2.13. The fraction of sp³-hybridized carbons (Fsp3) is 1.00. The molecule has 1 saturated carbocycles. The van der Waals surface area contributed by atoms with E-state index in [1.807, 2.05) is 0 Å². The summed E-state index contributed by atoms with van der Waals surface area (Å²) in [6, 6.07) is 0. The highest BCUT2D eigenvalue weighted by Gasteiger charge is 2.67. The summed E-state index contributed by atoms with van der Waals surface area (Å²) in [5.74, 6) is 2.09. The van der Waals surface area contributed by atoms with Gasteiger partial charge in [0.1, 0.15) is 0 Å². The maximum atomic E-state index is 9.10. The van der Waals surface area contributed by atoms with Gasteiger partial charge in [0.05, 0.1) is 0 Å². The van der Waals surface area contributed by atoms with E-state index in [9.17, 15) is 0 Å². The predicted octanol–water partition coefficient (Wildman–Crippen LogP) is 0.470. The van der Waals surface area contributed by atoms with Crippen molar-refractivity contribution < 1.29 is 5.11 Å². The molecule has 2 N–H and O–H groups in total. The normalized spacial score (nSPS) is 48.0. The summed E-state index contributed by atoms with van der Waals surface area (Å²) in [7, 11) is 0. The molecule has 11 heavy (non-hydrogen) atoms. The molecule has 2 aliphatic rings. The zero-order valence-corrected chi connectivity index (χ0v) is 7.30. The third-order valence-corrected chi connectivity index (χ3v) is 3.82. The molecule has 0 aromatic carbocycles. The number of hydrogen-bond donors (Lipinski definition) is 2. The maximum Gasteiger partial charge on any atom is 0.0468 e. The highest BCUT2D eigenvalue weighted by molar-refractivity contribution is 5.17. The minimum Gasteiger partial charge on any atom is -0.396 e. The van der Waals surface area contributed by atoms with Crippen molar-refractivity contribution in [2.24, 2.45) is 23.2 Å². The van der Waals surface area contributed by atoms with Gasteiger partial charge in [0.15, 0.2) is 0 Å². The lowest BCUT2D eigenvalue weighted by atomic mass is 9.89. The van der Waals surface area contributed by atoms with Gasteiger partial charge >= 0.3 is 0 Å². The minimum atomic E-state index is 0.393. The van der Waals surface area contributed by atoms with Crippen LogP contribution in [-0.4, -0.2) is 24.8 Å². The number of fused-ring (bicyclic) bond motifs is 1. The van der Waals surface area contributed by atoms with Crippen molar-refractivity contribution >= 4 is 0 Å². The van der Waals surface area contributed by atoms with Gasteiger partial charge in [-0.05, 0) is 29.7 Å². The Morgan fingerprint density at radius 2 is 2.36 bits per heavy atom. The first-order chi connectivity index (χ1) is 5.23. The molecule has 0 bridgehead atoms. The second-order valence-corrected chi connectivity index (χ2v) is 4.29. The predicted molar refractivity (Wildman–Crippen MR) is 44.2 cm³/mol. The van der Waals surface area contributed by atoms with E-state index in [1.54, 1.807) is 0 Å². The molecule has 2 heteroatoms. The smallest absolute Gasteiger partial charge is 0.0468 e. The summed E-state index contributed by atoms with van der Waals surface area (Å²) >= 11 is 0. The van der Waals surface area contributed by atoms with Crippen LogP contribution in [0.15, 0.2) is 0 Å². The van der Waals surface area contributed by atoms with Crippen molar-refractivity contribution in [2.75, 3.05) is 19.7 Å². The maximum absolute atomic E-state index is 9.10. The number of piperidine rings is 1. The zero-order valence-electron chi connectivity index (χ0n) is 7.30. The summed E-state index contributed by atoms with van der Waals surface area (Å²) in [6.07, 6.45) is 0. The van der Waals surface area contributed by atoms with Crippen molar-refractivity contribution in [1.29, 1.82) is 0 Å². The largest absolute Gasteiger partial charge is 0.396 e. The molecule has 1 heterocycles. The number of aliphatic hydroxyl groups excluding tert-OH is 1. The Kier molecular flexibility index (Phi) is 1.52. The van der Waals surface area contributed by atoms with Crippen molar-refractivity contribution in [3.8, 4) is 0 Å². The molecule has 1 aliphatic heterocycles. The Bertz CT molecular complexity index is 163. The van der Waals surface area contributed by atoms with Gasteiger partial charge in [0.2, 0.25) is 0 Å². The van der Waals surface area contributed by atoms with Gasteiger partial charge in [0, 0.05) is 13.2 Å². The number of aliphatic hydroxyl groups is 1. The van der Waals surface area contributed by atoms with Crippen LogP contribution in [0.3, 0.4) is 0 Å². The summed E-state index contributed by atoms with van der Waals surface area (Å²) < 4.78 is 0. The van der Waals surface area contributed by atoms with E-state index in [1.165, 1.54) is 0 Å². The average molecular weight is 155 g/mol. The third-order valence-electron chi connectivity index (χ3n) is 3.82. The summed E-state index contributed by atoms with van der Waals surface area (Å²) in [6.45, 7) is 7.19. The van der Waals surface area contributed by atoms with Crippen molar-refractivity contribution in [1.82, 2.24) is 5.32 Å². The van der Waals surface area contributed by atoms with Gasteiger partial charge in [-0.1, -0.05) is 13.8 Å². The van der Waals surface area contributed by atoms with Crippen LogP contribution in [0.2, 0.25) is 0 Å². The zero-order chi connectivity index (χ0) is 8.06. The molecule has 0 radical (unpaired) electrons.